The Labute approximate surface area is 109 Å². The number of aryl methyl sites for hydroxylation is 1. The van der Waals surface area contributed by atoms with Crippen LogP contribution in [0.4, 0.5) is 5.69 Å². The number of hydrogen-bond donors (Lipinski definition) is 2. The van der Waals surface area contributed by atoms with Crippen molar-refractivity contribution in [2.24, 2.45) is 5.92 Å². The zero-order chi connectivity index (χ0) is 13.1. The fourth-order valence-corrected chi connectivity index (χ4v) is 2.55. The molecule has 0 unspecified atom stereocenters. The minimum atomic E-state index is 0.0133. The van der Waals surface area contributed by atoms with Crippen LogP contribution in [0, 0.1) is 12.8 Å². The molecule has 3 N–H and O–H groups in total. The zero-order valence-corrected chi connectivity index (χ0v) is 11.2. The Balaban J connectivity index is 2.01. The number of carbonyl (C=O) groups is 1. The van der Waals surface area contributed by atoms with Crippen molar-refractivity contribution in [2.45, 2.75) is 45.6 Å². The number of nitrogens with two attached hydrogens (primary N) is 1. The summed E-state index contributed by atoms with van der Waals surface area (Å²) in [6, 6.07) is 5.81. The van der Waals surface area contributed by atoms with Gasteiger partial charge in [-0.3, -0.25) is 4.79 Å². The molecule has 1 aromatic rings. The summed E-state index contributed by atoms with van der Waals surface area (Å²) in [5.41, 5.74) is 8.06. The lowest BCUT2D eigenvalue weighted by Gasteiger charge is -2.27. The summed E-state index contributed by atoms with van der Waals surface area (Å²) in [4.78, 5) is 12.2. The van der Waals surface area contributed by atoms with E-state index in [0.717, 1.165) is 24.3 Å². The molecule has 18 heavy (non-hydrogen) atoms. The van der Waals surface area contributed by atoms with Crippen LogP contribution < -0.4 is 11.1 Å². The maximum absolute atomic E-state index is 12.2. The number of anilines is 1. The first-order valence-corrected chi connectivity index (χ1v) is 6.73. The van der Waals surface area contributed by atoms with Gasteiger partial charge in [-0.05, 0) is 56.2 Å². The number of nitrogens with one attached hydrogen (secondary N) is 1. The van der Waals surface area contributed by atoms with E-state index in [2.05, 4.69) is 12.2 Å². The van der Waals surface area contributed by atoms with Crippen LogP contribution in [0.25, 0.3) is 0 Å². The van der Waals surface area contributed by atoms with Gasteiger partial charge in [0.15, 0.2) is 0 Å². The van der Waals surface area contributed by atoms with Gasteiger partial charge in [-0.1, -0.05) is 13.0 Å². The van der Waals surface area contributed by atoms with Crippen LogP contribution in [-0.2, 0) is 0 Å². The van der Waals surface area contributed by atoms with Gasteiger partial charge in [0.1, 0.15) is 0 Å². The highest BCUT2D eigenvalue weighted by molar-refractivity contribution is 5.96. The van der Waals surface area contributed by atoms with E-state index in [9.17, 15) is 4.79 Å². The second-order valence-electron chi connectivity index (χ2n) is 5.50. The predicted octanol–water partition coefficient (Wildman–Crippen LogP) is 2.89. The summed E-state index contributed by atoms with van der Waals surface area (Å²) in [6.45, 7) is 4.22. The Kier molecular flexibility index (Phi) is 3.90. The average molecular weight is 246 g/mol. The molecular weight excluding hydrogens is 224 g/mol. The minimum Gasteiger partial charge on any atom is -0.399 e. The predicted molar refractivity (Wildman–Crippen MR) is 74.5 cm³/mol. The topological polar surface area (TPSA) is 55.1 Å². The van der Waals surface area contributed by atoms with E-state index in [-0.39, 0.29) is 5.91 Å². The molecule has 0 bridgehead atoms. The Bertz CT molecular complexity index is 434. The van der Waals surface area contributed by atoms with E-state index in [4.69, 9.17) is 5.73 Å². The van der Waals surface area contributed by atoms with Crippen LogP contribution in [0.3, 0.4) is 0 Å². The molecular formula is C15H22N2O. The van der Waals surface area contributed by atoms with Gasteiger partial charge < -0.3 is 11.1 Å². The molecule has 0 saturated heterocycles. The van der Waals surface area contributed by atoms with E-state index in [1.807, 2.05) is 19.1 Å². The average Bonchev–Trinajstić information content (AvgIpc) is 2.35. The molecule has 0 radical (unpaired) electrons. The van der Waals surface area contributed by atoms with Crippen molar-refractivity contribution in [3.8, 4) is 0 Å². The molecule has 1 aliphatic rings. The van der Waals surface area contributed by atoms with Crippen LogP contribution in [0.2, 0.25) is 0 Å². The Morgan fingerprint density at radius 3 is 2.61 bits per heavy atom. The number of amides is 1. The van der Waals surface area contributed by atoms with Crippen molar-refractivity contribution in [1.29, 1.82) is 0 Å². The molecule has 3 nitrogen and oxygen atoms in total. The molecule has 1 amide bonds. The van der Waals surface area contributed by atoms with Crippen molar-refractivity contribution in [3.63, 3.8) is 0 Å². The smallest absolute Gasteiger partial charge is 0.251 e. The van der Waals surface area contributed by atoms with Gasteiger partial charge >= 0.3 is 0 Å². The van der Waals surface area contributed by atoms with Crippen molar-refractivity contribution in [3.05, 3.63) is 29.3 Å². The van der Waals surface area contributed by atoms with E-state index in [1.54, 1.807) is 6.07 Å². The molecule has 1 fully saturated rings. The van der Waals surface area contributed by atoms with E-state index in [0.29, 0.717) is 17.3 Å². The van der Waals surface area contributed by atoms with E-state index < -0.39 is 0 Å². The van der Waals surface area contributed by atoms with Gasteiger partial charge in [0, 0.05) is 17.3 Å². The summed E-state index contributed by atoms with van der Waals surface area (Å²) < 4.78 is 0. The molecule has 0 heterocycles. The van der Waals surface area contributed by atoms with E-state index >= 15 is 0 Å². The highest BCUT2D eigenvalue weighted by Crippen LogP contribution is 2.24. The second kappa shape index (κ2) is 5.42. The SMILES string of the molecule is Cc1ccc(N)cc1C(=O)NC1CCC(C)CC1. The van der Waals surface area contributed by atoms with Gasteiger partial charge in [-0.25, -0.2) is 0 Å². The molecule has 2 rings (SSSR count). The quantitative estimate of drug-likeness (QED) is 0.788. The number of hydrogen-bond acceptors (Lipinski definition) is 2. The third kappa shape index (κ3) is 3.03. The maximum atomic E-state index is 12.2. The third-order valence-electron chi connectivity index (χ3n) is 3.86. The van der Waals surface area contributed by atoms with Crippen LogP contribution in [-0.4, -0.2) is 11.9 Å². The first kappa shape index (κ1) is 12.9. The van der Waals surface area contributed by atoms with Gasteiger partial charge in [-0.15, -0.1) is 0 Å². The normalized spacial score (nSPS) is 23.7. The molecule has 0 aliphatic heterocycles. The second-order valence-corrected chi connectivity index (χ2v) is 5.50. The first-order valence-electron chi connectivity index (χ1n) is 6.73. The summed E-state index contributed by atoms with van der Waals surface area (Å²) in [5, 5.41) is 3.13. The number of nitrogen functional groups attached to an aromatic ring is 1. The van der Waals surface area contributed by atoms with Gasteiger partial charge in [0.2, 0.25) is 0 Å². The lowest BCUT2D eigenvalue weighted by Crippen LogP contribution is -2.37. The van der Waals surface area contributed by atoms with Crippen LogP contribution in [0.15, 0.2) is 18.2 Å². The van der Waals surface area contributed by atoms with Gasteiger partial charge in [0.05, 0.1) is 0 Å². The molecule has 98 valence electrons. The Hall–Kier alpha value is -1.51. The highest BCUT2D eigenvalue weighted by Gasteiger charge is 2.20. The fourth-order valence-electron chi connectivity index (χ4n) is 2.55. The highest BCUT2D eigenvalue weighted by atomic mass is 16.1. The Morgan fingerprint density at radius 2 is 1.94 bits per heavy atom. The van der Waals surface area contributed by atoms with Gasteiger partial charge in [-0.2, -0.15) is 0 Å². The molecule has 1 saturated carbocycles. The van der Waals surface area contributed by atoms with E-state index in [1.165, 1.54) is 12.8 Å². The lowest BCUT2D eigenvalue weighted by molar-refractivity contribution is 0.0922. The standard InChI is InChI=1S/C15H22N2O/c1-10-3-7-13(8-4-10)17-15(18)14-9-12(16)6-5-11(14)2/h5-6,9-10,13H,3-4,7-8,16H2,1-2H3,(H,17,18). The molecule has 1 aliphatic carbocycles. The molecule has 0 atom stereocenters. The number of benzene rings is 1. The summed E-state index contributed by atoms with van der Waals surface area (Å²) in [6.07, 6.45) is 4.60. The number of rotatable bonds is 2. The van der Waals surface area contributed by atoms with Gasteiger partial charge in [0.25, 0.3) is 5.91 Å². The molecule has 0 spiro atoms. The lowest BCUT2D eigenvalue weighted by atomic mass is 9.87. The largest absolute Gasteiger partial charge is 0.399 e. The van der Waals surface area contributed by atoms with Crippen LogP contribution in [0.1, 0.15) is 48.5 Å². The zero-order valence-electron chi connectivity index (χ0n) is 11.2. The summed E-state index contributed by atoms with van der Waals surface area (Å²) >= 11 is 0. The molecule has 1 aromatic carbocycles. The van der Waals surface area contributed by atoms with Crippen molar-refractivity contribution < 1.29 is 4.79 Å². The van der Waals surface area contributed by atoms with Crippen LogP contribution in [0.5, 0.6) is 0 Å². The van der Waals surface area contributed by atoms with Crippen molar-refractivity contribution in [2.75, 3.05) is 5.73 Å². The minimum absolute atomic E-state index is 0.0133. The Morgan fingerprint density at radius 1 is 1.28 bits per heavy atom. The van der Waals surface area contributed by atoms with Crippen LogP contribution >= 0.6 is 0 Å². The number of carbonyl (C=O) groups excluding carboxylic acids is 1. The monoisotopic (exact) mass is 246 g/mol. The van der Waals surface area contributed by atoms with Crippen molar-refractivity contribution in [1.82, 2.24) is 5.32 Å². The molecule has 0 aromatic heterocycles. The summed E-state index contributed by atoms with van der Waals surface area (Å²) in [7, 11) is 0. The third-order valence-corrected chi connectivity index (χ3v) is 3.86. The van der Waals surface area contributed by atoms with Crippen molar-refractivity contribution >= 4 is 11.6 Å². The fraction of sp³-hybridized carbons (Fsp3) is 0.533. The molecule has 3 heteroatoms. The first-order chi connectivity index (χ1) is 8.56. The summed E-state index contributed by atoms with van der Waals surface area (Å²) in [5.74, 6) is 0.812. The maximum Gasteiger partial charge on any atom is 0.251 e.